The first-order valence-corrected chi connectivity index (χ1v) is 8.70. The molecule has 1 aromatic rings. The number of hydrogen-bond donors (Lipinski definition) is 1. The molecular weight excluding hydrogens is 373 g/mol. The van der Waals surface area contributed by atoms with Crippen LogP contribution in [-0.4, -0.2) is 69.4 Å². The van der Waals surface area contributed by atoms with E-state index in [2.05, 4.69) is 20.0 Å². The Morgan fingerprint density at radius 2 is 2.21 bits per heavy atom. The lowest BCUT2D eigenvalue weighted by molar-refractivity contribution is -0.223. The molecule has 150 valence electrons. The van der Waals surface area contributed by atoms with Gasteiger partial charge in [-0.3, -0.25) is 14.8 Å². The molecule has 0 spiro atoms. The second-order valence-electron chi connectivity index (χ2n) is 6.23. The van der Waals surface area contributed by atoms with Gasteiger partial charge in [-0.25, -0.2) is 18.8 Å². The van der Waals surface area contributed by atoms with E-state index in [1.54, 1.807) is 13.0 Å². The van der Waals surface area contributed by atoms with E-state index in [1.807, 2.05) is 0 Å². The Labute approximate surface area is 160 Å². The fourth-order valence-electron chi connectivity index (χ4n) is 3.12. The molecule has 1 saturated heterocycles. The summed E-state index contributed by atoms with van der Waals surface area (Å²) in [4.78, 5) is 50.8. The van der Waals surface area contributed by atoms with Gasteiger partial charge in [0.15, 0.2) is 0 Å². The van der Waals surface area contributed by atoms with Gasteiger partial charge in [-0.1, -0.05) is 6.08 Å². The van der Waals surface area contributed by atoms with Gasteiger partial charge in [0.25, 0.3) is 0 Å². The average Bonchev–Trinajstić information content (AvgIpc) is 2.92. The summed E-state index contributed by atoms with van der Waals surface area (Å²) in [6.07, 6.45) is 3.76. The zero-order chi connectivity index (χ0) is 20.3. The van der Waals surface area contributed by atoms with E-state index in [-0.39, 0.29) is 19.7 Å². The first-order chi connectivity index (χ1) is 13.4. The zero-order valence-corrected chi connectivity index (χ0v) is 15.4. The van der Waals surface area contributed by atoms with Crippen molar-refractivity contribution in [2.24, 2.45) is 0 Å². The summed E-state index contributed by atoms with van der Waals surface area (Å²) < 4.78 is 18.4. The van der Waals surface area contributed by atoms with Crippen molar-refractivity contribution in [1.82, 2.24) is 25.2 Å². The molecular formula is C17H20FN5O5. The van der Waals surface area contributed by atoms with Gasteiger partial charge in [-0.2, -0.15) is 5.06 Å². The number of amides is 3. The van der Waals surface area contributed by atoms with Crippen LogP contribution in [0.2, 0.25) is 0 Å². The number of nitrogens with one attached hydrogen (secondary N) is 1. The molecule has 2 aliphatic rings. The molecule has 1 aromatic heterocycles. The molecule has 1 N–H and O–H groups in total. The summed E-state index contributed by atoms with van der Waals surface area (Å²) in [7, 11) is 0. The number of alkyl halides is 1. The Balaban J connectivity index is 1.66. The molecule has 10 nitrogen and oxygen atoms in total. The molecule has 0 aromatic carbocycles. The Bertz CT molecular complexity index is 789. The van der Waals surface area contributed by atoms with Gasteiger partial charge in [0.1, 0.15) is 6.04 Å². The number of fused-ring (bicyclic) bond motifs is 2. The SMILES string of the molecule is CCOC(=O)[C@H](F)ON1C(=O)N2C[C@H]1C=C(C)[C@H]2C(=O)NCc1cnccn1. The number of carbonyl (C=O) groups excluding carboxylic acids is 3. The Hall–Kier alpha value is -3.08. The highest BCUT2D eigenvalue weighted by molar-refractivity contribution is 5.91. The van der Waals surface area contributed by atoms with Crippen LogP contribution in [0.3, 0.4) is 0 Å². The first kappa shape index (κ1) is 19.7. The van der Waals surface area contributed by atoms with Crippen LogP contribution in [0.25, 0.3) is 0 Å². The lowest BCUT2D eigenvalue weighted by Crippen LogP contribution is -2.50. The van der Waals surface area contributed by atoms with Crippen molar-refractivity contribution in [1.29, 1.82) is 0 Å². The van der Waals surface area contributed by atoms with Gasteiger partial charge < -0.3 is 15.0 Å². The minimum absolute atomic E-state index is 0.0147. The van der Waals surface area contributed by atoms with Crippen molar-refractivity contribution in [2.75, 3.05) is 13.2 Å². The number of hydroxylamine groups is 2. The molecule has 0 radical (unpaired) electrons. The fourth-order valence-corrected chi connectivity index (χ4v) is 3.12. The number of rotatable bonds is 7. The van der Waals surface area contributed by atoms with Gasteiger partial charge in [0.05, 0.1) is 37.6 Å². The maximum Gasteiger partial charge on any atom is 0.370 e. The number of carbonyl (C=O) groups is 3. The third-order valence-electron chi connectivity index (χ3n) is 4.30. The monoisotopic (exact) mass is 393 g/mol. The lowest BCUT2D eigenvalue weighted by Gasteiger charge is -2.29. The van der Waals surface area contributed by atoms with Crippen LogP contribution in [0.1, 0.15) is 19.5 Å². The summed E-state index contributed by atoms with van der Waals surface area (Å²) in [5.41, 5.74) is 1.18. The number of urea groups is 1. The molecule has 2 bridgehead atoms. The van der Waals surface area contributed by atoms with Crippen LogP contribution in [0, 0.1) is 0 Å². The van der Waals surface area contributed by atoms with Gasteiger partial charge in [-0.05, 0) is 19.4 Å². The number of esters is 1. The second kappa shape index (κ2) is 8.30. The lowest BCUT2D eigenvalue weighted by atomic mass is 10.00. The van der Waals surface area contributed by atoms with Crippen LogP contribution in [0.5, 0.6) is 0 Å². The Kier molecular flexibility index (Phi) is 5.83. The number of nitrogens with zero attached hydrogens (tertiary/aromatic N) is 4. The number of aromatic nitrogens is 2. The van der Waals surface area contributed by atoms with Crippen LogP contribution >= 0.6 is 0 Å². The Morgan fingerprint density at radius 1 is 1.43 bits per heavy atom. The highest BCUT2D eigenvalue weighted by Crippen LogP contribution is 2.30. The van der Waals surface area contributed by atoms with Crippen LogP contribution in [0.15, 0.2) is 30.2 Å². The van der Waals surface area contributed by atoms with Crippen LogP contribution in [-0.2, 0) is 25.7 Å². The normalized spacial score (nSPS) is 22.0. The van der Waals surface area contributed by atoms with E-state index >= 15 is 0 Å². The van der Waals surface area contributed by atoms with Crippen molar-refractivity contribution in [2.45, 2.75) is 38.8 Å². The van der Waals surface area contributed by atoms with Gasteiger partial charge in [0, 0.05) is 12.4 Å². The molecule has 0 unspecified atom stereocenters. The maximum atomic E-state index is 13.9. The van der Waals surface area contributed by atoms with E-state index in [1.165, 1.54) is 30.4 Å². The summed E-state index contributed by atoms with van der Waals surface area (Å²) in [5.74, 6) is -1.62. The summed E-state index contributed by atoms with van der Waals surface area (Å²) >= 11 is 0. The number of hydrogen-bond acceptors (Lipinski definition) is 7. The first-order valence-electron chi connectivity index (χ1n) is 8.70. The van der Waals surface area contributed by atoms with Crippen LogP contribution < -0.4 is 5.32 Å². The second-order valence-corrected chi connectivity index (χ2v) is 6.23. The highest BCUT2D eigenvalue weighted by atomic mass is 19.1. The summed E-state index contributed by atoms with van der Waals surface area (Å²) in [5, 5.41) is 3.47. The molecule has 3 amide bonds. The molecule has 1 fully saturated rings. The van der Waals surface area contributed by atoms with E-state index in [4.69, 9.17) is 4.84 Å². The van der Waals surface area contributed by atoms with Gasteiger partial charge >= 0.3 is 18.4 Å². The number of ether oxygens (including phenoxy) is 1. The number of halogens is 1. The van der Waals surface area contributed by atoms with Crippen molar-refractivity contribution in [3.05, 3.63) is 35.9 Å². The third kappa shape index (κ3) is 3.93. The smallest absolute Gasteiger partial charge is 0.370 e. The average molecular weight is 393 g/mol. The molecule has 0 aliphatic carbocycles. The molecule has 11 heteroatoms. The van der Waals surface area contributed by atoms with Crippen molar-refractivity contribution >= 4 is 17.9 Å². The predicted octanol–water partition coefficient (Wildman–Crippen LogP) is 0.318. The maximum absolute atomic E-state index is 13.9. The summed E-state index contributed by atoms with van der Waals surface area (Å²) in [6.45, 7) is 3.49. The molecule has 0 saturated carbocycles. The molecule has 3 rings (SSSR count). The highest BCUT2D eigenvalue weighted by Gasteiger charge is 2.48. The largest absolute Gasteiger partial charge is 0.462 e. The summed E-state index contributed by atoms with van der Waals surface area (Å²) in [6, 6.07) is -2.18. The zero-order valence-electron chi connectivity index (χ0n) is 15.4. The minimum atomic E-state index is -2.43. The van der Waals surface area contributed by atoms with Gasteiger partial charge in [-0.15, -0.1) is 0 Å². The predicted molar refractivity (Wildman–Crippen MR) is 91.8 cm³/mol. The van der Waals surface area contributed by atoms with E-state index in [0.717, 1.165) is 5.06 Å². The minimum Gasteiger partial charge on any atom is -0.462 e. The molecule has 28 heavy (non-hydrogen) atoms. The van der Waals surface area contributed by atoms with E-state index in [0.29, 0.717) is 11.3 Å². The topological polar surface area (TPSA) is 114 Å². The van der Waals surface area contributed by atoms with Crippen molar-refractivity contribution in [3.8, 4) is 0 Å². The Morgan fingerprint density at radius 3 is 2.89 bits per heavy atom. The quantitative estimate of drug-likeness (QED) is 0.524. The third-order valence-corrected chi connectivity index (χ3v) is 4.30. The van der Waals surface area contributed by atoms with Crippen molar-refractivity contribution < 1.29 is 28.3 Å². The fraction of sp³-hybridized carbons (Fsp3) is 0.471. The van der Waals surface area contributed by atoms with E-state index in [9.17, 15) is 18.8 Å². The molecule has 3 atom stereocenters. The standard InChI is InChI=1S/C17H20FN5O5/c1-3-27-16(25)14(18)28-23-12-6-10(2)13(22(9-12)17(23)26)15(24)21-8-11-7-19-4-5-20-11/h4-7,12-14H,3,8-9H2,1-2H3,(H,21,24)/t12-,13+,14-/m1/s1. The van der Waals surface area contributed by atoms with E-state index < -0.39 is 36.3 Å². The molecule has 3 heterocycles. The molecule has 2 aliphatic heterocycles. The van der Waals surface area contributed by atoms with Crippen molar-refractivity contribution in [3.63, 3.8) is 0 Å². The van der Waals surface area contributed by atoms with Crippen LogP contribution in [0.4, 0.5) is 9.18 Å². The van der Waals surface area contributed by atoms with Gasteiger partial charge in [0.2, 0.25) is 5.91 Å².